The molecular weight excluding hydrogens is 248 g/mol. The minimum Gasteiger partial charge on any atom is -0.382 e. The summed E-state index contributed by atoms with van der Waals surface area (Å²) in [6, 6.07) is 0. The lowest BCUT2D eigenvalue weighted by Gasteiger charge is -2.60. The van der Waals surface area contributed by atoms with Gasteiger partial charge in [0.25, 0.3) is 0 Å². The quantitative estimate of drug-likeness (QED) is 0.604. The van der Waals surface area contributed by atoms with E-state index in [0.29, 0.717) is 5.41 Å². The highest BCUT2D eigenvalue weighted by Crippen LogP contribution is 2.61. The first-order valence-corrected chi connectivity index (χ1v) is 8.65. The van der Waals surface area contributed by atoms with E-state index in [1.54, 1.807) is 0 Å². The van der Waals surface area contributed by atoms with Crippen molar-refractivity contribution in [1.29, 1.82) is 0 Å². The van der Waals surface area contributed by atoms with Gasteiger partial charge in [-0.3, -0.25) is 0 Å². The van der Waals surface area contributed by atoms with Crippen LogP contribution >= 0.6 is 0 Å². The molecule has 0 aromatic carbocycles. The van der Waals surface area contributed by atoms with Crippen LogP contribution in [0.4, 0.5) is 0 Å². The number of hydrogen-bond acceptors (Lipinski definition) is 3. The van der Waals surface area contributed by atoms with Crippen molar-refractivity contribution in [1.82, 2.24) is 10.6 Å². The van der Waals surface area contributed by atoms with Crippen LogP contribution < -0.4 is 10.6 Å². The molecular formula is C17H34N2O. The van der Waals surface area contributed by atoms with Gasteiger partial charge in [0, 0.05) is 26.3 Å². The van der Waals surface area contributed by atoms with Gasteiger partial charge < -0.3 is 15.4 Å². The summed E-state index contributed by atoms with van der Waals surface area (Å²) >= 11 is 0. The minimum absolute atomic E-state index is 0.627. The molecule has 3 rings (SSSR count). The summed E-state index contributed by atoms with van der Waals surface area (Å²) in [5.41, 5.74) is 0.627. The average Bonchev–Trinajstić information content (AvgIpc) is 2.45. The standard InChI is InChI=1S/C17H34N2O/c1-4-20-11-5-8-18-9-10-19-13-14-6-7-15-12-16(14)17(15,2)3/h14-16,18-19H,4-13H2,1-3H3/t14-,15-,16-/m0/s1. The SMILES string of the molecule is CCOCCCNCCNC[C@@H]1CC[C@H]2C[C@@H]1C2(C)C. The maximum absolute atomic E-state index is 5.32. The summed E-state index contributed by atoms with van der Waals surface area (Å²) in [5.74, 6) is 2.93. The van der Waals surface area contributed by atoms with Crippen LogP contribution in [0.15, 0.2) is 0 Å². The first-order valence-electron chi connectivity index (χ1n) is 8.65. The van der Waals surface area contributed by atoms with E-state index in [1.807, 2.05) is 6.92 Å². The Kier molecular flexibility index (Phi) is 6.31. The van der Waals surface area contributed by atoms with Crippen molar-refractivity contribution >= 4 is 0 Å². The fraction of sp³-hybridized carbons (Fsp3) is 1.00. The highest BCUT2D eigenvalue weighted by atomic mass is 16.5. The van der Waals surface area contributed by atoms with Crippen LogP contribution in [0.25, 0.3) is 0 Å². The molecule has 0 saturated heterocycles. The monoisotopic (exact) mass is 282 g/mol. The lowest BCUT2D eigenvalue weighted by atomic mass is 9.45. The molecule has 0 radical (unpaired) electrons. The molecule has 118 valence electrons. The molecule has 0 unspecified atom stereocenters. The van der Waals surface area contributed by atoms with E-state index in [2.05, 4.69) is 24.5 Å². The van der Waals surface area contributed by atoms with Crippen molar-refractivity contribution in [3.05, 3.63) is 0 Å². The van der Waals surface area contributed by atoms with Gasteiger partial charge in [0.15, 0.2) is 0 Å². The van der Waals surface area contributed by atoms with E-state index in [1.165, 1.54) is 25.8 Å². The molecule has 0 spiro atoms. The Labute approximate surface area is 125 Å². The van der Waals surface area contributed by atoms with Crippen LogP contribution in [0.3, 0.4) is 0 Å². The largest absolute Gasteiger partial charge is 0.382 e. The molecule has 0 aromatic heterocycles. The molecule has 3 fully saturated rings. The minimum atomic E-state index is 0.627. The molecule has 0 heterocycles. The van der Waals surface area contributed by atoms with Gasteiger partial charge >= 0.3 is 0 Å². The number of ether oxygens (including phenoxy) is 1. The Morgan fingerprint density at radius 1 is 1.10 bits per heavy atom. The highest BCUT2D eigenvalue weighted by molar-refractivity contribution is 5.03. The van der Waals surface area contributed by atoms with Crippen molar-refractivity contribution in [2.24, 2.45) is 23.2 Å². The first-order chi connectivity index (χ1) is 9.66. The van der Waals surface area contributed by atoms with E-state index in [-0.39, 0.29) is 0 Å². The molecule has 0 aromatic rings. The third kappa shape index (κ3) is 3.96. The molecule has 3 saturated carbocycles. The smallest absolute Gasteiger partial charge is 0.0477 e. The van der Waals surface area contributed by atoms with E-state index in [4.69, 9.17) is 4.74 Å². The Morgan fingerprint density at radius 2 is 1.90 bits per heavy atom. The van der Waals surface area contributed by atoms with E-state index >= 15 is 0 Å². The van der Waals surface area contributed by atoms with Crippen molar-refractivity contribution in [2.75, 3.05) is 39.4 Å². The third-order valence-corrected chi connectivity index (χ3v) is 5.73. The normalized spacial score (nSPS) is 31.1. The van der Waals surface area contributed by atoms with Gasteiger partial charge in [-0.25, -0.2) is 0 Å². The Bertz CT molecular complexity index is 278. The fourth-order valence-electron chi connectivity index (χ4n) is 4.24. The predicted octanol–water partition coefficient (Wildman–Crippen LogP) is 2.66. The van der Waals surface area contributed by atoms with E-state index < -0.39 is 0 Å². The topological polar surface area (TPSA) is 33.3 Å². The van der Waals surface area contributed by atoms with Gasteiger partial charge in [0.2, 0.25) is 0 Å². The zero-order valence-electron chi connectivity index (χ0n) is 13.7. The summed E-state index contributed by atoms with van der Waals surface area (Å²) in [6.45, 7) is 13.2. The molecule has 0 amide bonds. The molecule has 3 aliphatic carbocycles. The molecule has 3 heteroatoms. The lowest BCUT2D eigenvalue weighted by Crippen LogP contribution is -2.54. The molecule has 20 heavy (non-hydrogen) atoms. The molecule has 2 N–H and O–H groups in total. The summed E-state index contributed by atoms with van der Waals surface area (Å²) < 4.78 is 5.32. The van der Waals surface area contributed by atoms with Crippen LogP contribution in [0.5, 0.6) is 0 Å². The second-order valence-corrected chi connectivity index (χ2v) is 7.20. The number of rotatable bonds is 10. The van der Waals surface area contributed by atoms with Crippen LogP contribution in [0, 0.1) is 23.2 Å². The third-order valence-electron chi connectivity index (χ3n) is 5.73. The Morgan fingerprint density at radius 3 is 2.60 bits per heavy atom. The molecule has 3 aliphatic rings. The second kappa shape index (κ2) is 7.77. The molecule has 3 atom stereocenters. The Hall–Kier alpha value is -0.120. The van der Waals surface area contributed by atoms with Crippen LogP contribution in [-0.2, 0) is 4.74 Å². The zero-order chi connectivity index (χ0) is 14.4. The lowest BCUT2D eigenvalue weighted by molar-refractivity contribution is -0.103. The average molecular weight is 282 g/mol. The van der Waals surface area contributed by atoms with E-state index in [9.17, 15) is 0 Å². The molecule has 3 nitrogen and oxygen atoms in total. The van der Waals surface area contributed by atoms with Crippen LogP contribution in [-0.4, -0.2) is 39.4 Å². The number of nitrogens with one attached hydrogen (secondary N) is 2. The summed E-state index contributed by atoms with van der Waals surface area (Å²) in [7, 11) is 0. The van der Waals surface area contributed by atoms with Crippen molar-refractivity contribution in [3.63, 3.8) is 0 Å². The summed E-state index contributed by atoms with van der Waals surface area (Å²) in [6.07, 6.45) is 5.53. The first kappa shape index (κ1) is 16.3. The molecule has 0 aliphatic heterocycles. The van der Waals surface area contributed by atoms with Crippen LogP contribution in [0.2, 0.25) is 0 Å². The number of fused-ring (bicyclic) bond motifs is 2. The van der Waals surface area contributed by atoms with Gasteiger partial charge in [-0.05, 0) is 68.9 Å². The van der Waals surface area contributed by atoms with Gasteiger partial charge in [-0.1, -0.05) is 13.8 Å². The maximum atomic E-state index is 5.32. The van der Waals surface area contributed by atoms with Gasteiger partial charge in [-0.15, -0.1) is 0 Å². The zero-order valence-corrected chi connectivity index (χ0v) is 13.7. The predicted molar refractivity (Wildman–Crippen MR) is 85.0 cm³/mol. The number of hydrogen-bond donors (Lipinski definition) is 2. The van der Waals surface area contributed by atoms with E-state index in [0.717, 1.165) is 57.0 Å². The second-order valence-electron chi connectivity index (χ2n) is 7.20. The van der Waals surface area contributed by atoms with Crippen molar-refractivity contribution in [3.8, 4) is 0 Å². The molecule has 2 bridgehead atoms. The van der Waals surface area contributed by atoms with Crippen molar-refractivity contribution < 1.29 is 4.74 Å². The maximum Gasteiger partial charge on any atom is 0.0477 e. The Balaban J connectivity index is 1.46. The van der Waals surface area contributed by atoms with Crippen LogP contribution in [0.1, 0.15) is 46.5 Å². The van der Waals surface area contributed by atoms with Gasteiger partial charge in [0.05, 0.1) is 0 Å². The van der Waals surface area contributed by atoms with Gasteiger partial charge in [-0.2, -0.15) is 0 Å². The summed E-state index contributed by atoms with van der Waals surface area (Å²) in [5, 5.41) is 7.13. The van der Waals surface area contributed by atoms with Crippen molar-refractivity contribution in [2.45, 2.75) is 46.5 Å². The summed E-state index contributed by atoms with van der Waals surface area (Å²) in [4.78, 5) is 0. The van der Waals surface area contributed by atoms with Gasteiger partial charge in [0.1, 0.15) is 0 Å². The highest BCUT2D eigenvalue weighted by Gasteiger charge is 2.53. The fourth-order valence-corrected chi connectivity index (χ4v) is 4.24.